The molecule has 0 bridgehead atoms. The molecule has 2 aliphatic rings. The number of allylic oxidation sites excluding steroid dienone is 4. The Kier molecular flexibility index (Phi) is 5.72. The minimum atomic E-state index is -1.66. The maximum absolute atomic E-state index is 2.72. The highest BCUT2D eigenvalue weighted by Crippen LogP contribution is 2.42. The maximum atomic E-state index is 2.72. The van der Waals surface area contributed by atoms with E-state index in [-0.39, 0.29) is 0 Å². The van der Waals surface area contributed by atoms with Gasteiger partial charge >= 0.3 is 0 Å². The fourth-order valence-corrected chi connectivity index (χ4v) is 7.91. The summed E-state index contributed by atoms with van der Waals surface area (Å²) in [6.45, 7) is 25.3. The van der Waals surface area contributed by atoms with Gasteiger partial charge in [-0.15, -0.1) is 0 Å². The minimum Gasteiger partial charge on any atom is -0.449 e. The molecule has 2 aliphatic heterocycles. The summed E-state index contributed by atoms with van der Waals surface area (Å²) in [5, 5.41) is 0.633. The van der Waals surface area contributed by atoms with Crippen LogP contribution in [0.3, 0.4) is 0 Å². The van der Waals surface area contributed by atoms with E-state index in [1.54, 1.807) is 0 Å². The Balaban J connectivity index is 2.46. The zero-order valence-electron chi connectivity index (χ0n) is 18.7. The monoisotopic (exact) mass is 384 g/mol. The summed E-state index contributed by atoms with van der Waals surface area (Å²) in [6.07, 6.45) is 13.6. The molecule has 2 heterocycles. The predicted molar refractivity (Wildman–Crippen MR) is 126 cm³/mol. The first-order valence-corrected chi connectivity index (χ1v) is 15.9. The number of rotatable bonds is 3. The van der Waals surface area contributed by atoms with Crippen LogP contribution in [0.4, 0.5) is 0 Å². The summed E-state index contributed by atoms with van der Waals surface area (Å²) in [5.74, 6) is 4.85. The summed E-state index contributed by atoms with van der Waals surface area (Å²) in [4.78, 5) is 0. The van der Waals surface area contributed by atoms with Crippen molar-refractivity contribution in [2.24, 2.45) is 0 Å². The molecule has 2 rings (SSSR count). The molecule has 0 aromatic carbocycles. The van der Waals surface area contributed by atoms with Gasteiger partial charge in [0, 0.05) is 0 Å². The van der Waals surface area contributed by atoms with Gasteiger partial charge in [-0.1, -0.05) is 91.8 Å². The minimum absolute atomic E-state index is 0.316. The van der Waals surface area contributed by atoms with Crippen molar-refractivity contribution in [2.45, 2.75) is 77.8 Å². The van der Waals surface area contributed by atoms with E-state index >= 15 is 0 Å². The third kappa shape index (κ3) is 3.72. The Labute approximate surface area is 165 Å². The van der Waals surface area contributed by atoms with Crippen LogP contribution in [0.1, 0.15) is 41.5 Å². The van der Waals surface area contributed by atoms with Gasteiger partial charge in [0.2, 0.25) is 0 Å². The Morgan fingerprint density at radius 1 is 0.577 bits per heavy atom. The standard InChI is InChI=1S/C20H38B2N2Si2/c1-19(2,3)25(7,8)23-17-13-11-15-21(23)22-16-12-14-18-24(22)26(9,10)20(4,5)6/h11-18H,1-10H3. The molecular weight excluding hydrogens is 346 g/mol. The molecule has 0 fully saturated rings. The molecule has 0 saturated carbocycles. The van der Waals surface area contributed by atoms with Crippen LogP contribution in [-0.4, -0.2) is 38.9 Å². The average molecular weight is 384 g/mol. The number of hydrogen-bond acceptors (Lipinski definition) is 2. The molecule has 0 N–H and O–H groups in total. The topological polar surface area (TPSA) is 6.48 Å². The third-order valence-corrected chi connectivity index (χ3v) is 18.1. The molecule has 0 unspecified atom stereocenters. The van der Waals surface area contributed by atoms with Crippen LogP contribution < -0.4 is 0 Å². The smallest absolute Gasteiger partial charge is 0.267 e. The lowest BCUT2D eigenvalue weighted by molar-refractivity contribution is 0.646. The van der Waals surface area contributed by atoms with Crippen LogP contribution in [0, 0.1) is 0 Å². The molecule has 0 aliphatic carbocycles. The van der Waals surface area contributed by atoms with E-state index in [2.05, 4.69) is 125 Å². The van der Waals surface area contributed by atoms with Crippen LogP contribution in [0.5, 0.6) is 0 Å². The summed E-state index contributed by atoms with van der Waals surface area (Å²) < 4.78 is 5.45. The molecule has 0 amide bonds. The molecular formula is C20H38B2N2Si2. The molecule has 0 saturated heterocycles. The van der Waals surface area contributed by atoms with Crippen LogP contribution in [0.15, 0.2) is 48.7 Å². The highest BCUT2D eigenvalue weighted by Gasteiger charge is 2.51. The van der Waals surface area contributed by atoms with Gasteiger partial charge in [-0.3, -0.25) is 0 Å². The third-order valence-electron chi connectivity index (χ3n) is 7.29. The van der Waals surface area contributed by atoms with Gasteiger partial charge in [0.1, 0.15) is 16.5 Å². The molecule has 2 nitrogen and oxygen atoms in total. The Morgan fingerprint density at radius 3 is 1.15 bits per heavy atom. The van der Waals surface area contributed by atoms with E-state index in [0.29, 0.717) is 23.6 Å². The lowest BCUT2D eigenvalue weighted by Crippen LogP contribution is -2.70. The first-order chi connectivity index (χ1) is 11.7. The number of nitrogens with zero attached hydrogens (tertiary/aromatic N) is 2. The van der Waals surface area contributed by atoms with Crippen molar-refractivity contribution in [1.29, 1.82) is 0 Å². The molecule has 0 spiro atoms. The van der Waals surface area contributed by atoms with Crippen molar-refractivity contribution in [1.82, 2.24) is 8.95 Å². The molecule has 142 valence electrons. The SMILES string of the molecule is CC(C)(C)[Si](C)(C)N1C=CC=CB1B1C=CC=CN1[Si](C)(C)C(C)(C)C. The first-order valence-electron chi connectivity index (χ1n) is 9.98. The summed E-state index contributed by atoms with van der Waals surface area (Å²) in [7, 11) is -3.32. The molecule has 0 radical (unpaired) electrons. The highest BCUT2D eigenvalue weighted by atomic mass is 28.3. The van der Waals surface area contributed by atoms with Crippen LogP contribution >= 0.6 is 0 Å². The molecule has 26 heavy (non-hydrogen) atoms. The lowest BCUT2D eigenvalue weighted by Gasteiger charge is -2.54. The van der Waals surface area contributed by atoms with E-state index in [9.17, 15) is 0 Å². The average Bonchev–Trinajstić information content (AvgIpc) is 2.52. The van der Waals surface area contributed by atoms with E-state index in [1.165, 1.54) is 0 Å². The highest BCUT2D eigenvalue weighted by molar-refractivity contribution is 7.29. The number of hydrogen-bond donors (Lipinski definition) is 0. The molecule has 6 heteroatoms. The fraction of sp³-hybridized carbons (Fsp3) is 0.600. The second kappa shape index (κ2) is 6.94. The van der Waals surface area contributed by atoms with Gasteiger partial charge < -0.3 is 8.95 Å². The summed E-state index contributed by atoms with van der Waals surface area (Å²) >= 11 is 0. The first kappa shape index (κ1) is 21.4. The van der Waals surface area contributed by atoms with Gasteiger partial charge in [0.05, 0.1) is 0 Å². The lowest BCUT2D eigenvalue weighted by atomic mass is 9.20. The van der Waals surface area contributed by atoms with Gasteiger partial charge in [-0.05, 0) is 34.6 Å². The zero-order chi connectivity index (χ0) is 20.0. The van der Waals surface area contributed by atoms with Gasteiger partial charge in [-0.25, -0.2) is 0 Å². The van der Waals surface area contributed by atoms with E-state index in [4.69, 9.17) is 0 Å². The van der Waals surface area contributed by atoms with Gasteiger partial charge in [0.15, 0.2) is 0 Å². The fourth-order valence-electron chi connectivity index (χ4n) is 3.47. The summed E-state index contributed by atoms with van der Waals surface area (Å²) in [6, 6.07) is 0. The quantitative estimate of drug-likeness (QED) is 0.559. The molecule has 0 aromatic rings. The van der Waals surface area contributed by atoms with E-state index in [0.717, 1.165) is 0 Å². The normalized spacial score (nSPS) is 19.0. The van der Waals surface area contributed by atoms with E-state index < -0.39 is 16.5 Å². The van der Waals surface area contributed by atoms with Crippen molar-refractivity contribution < 1.29 is 0 Å². The van der Waals surface area contributed by atoms with Gasteiger partial charge in [0.25, 0.3) is 13.5 Å². The van der Waals surface area contributed by atoms with Crippen molar-refractivity contribution in [2.75, 3.05) is 0 Å². The Hall–Kier alpha value is -0.876. The Bertz CT molecular complexity index is 581. The second-order valence-electron chi connectivity index (χ2n) is 10.9. The predicted octanol–water partition coefficient (Wildman–Crippen LogP) is 5.91. The van der Waals surface area contributed by atoms with Gasteiger partial charge in [-0.2, -0.15) is 0 Å². The van der Waals surface area contributed by atoms with Crippen molar-refractivity contribution in [3.05, 3.63) is 48.7 Å². The Morgan fingerprint density at radius 2 is 0.885 bits per heavy atom. The molecule has 0 atom stereocenters. The maximum Gasteiger partial charge on any atom is 0.267 e. The van der Waals surface area contributed by atoms with E-state index in [1.807, 2.05) is 0 Å². The van der Waals surface area contributed by atoms with Crippen molar-refractivity contribution >= 4 is 29.9 Å². The zero-order valence-corrected chi connectivity index (χ0v) is 20.7. The van der Waals surface area contributed by atoms with Crippen molar-refractivity contribution in [3.63, 3.8) is 0 Å². The second-order valence-corrected chi connectivity index (χ2v) is 21.1. The van der Waals surface area contributed by atoms with Crippen LogP contribution in [0.2, 0.25) is 36.3 Å². The van der Waals surface area contributed by atoms with Crippen LogP contribution in [0.25, 0.3) is 0 Å². The largest absolute Gasteiger partial charge is 0.449 e. The van der Waals surface area contributed by atoms with Crippen LogP contribution in [-0.2, 0) is 0 Å². The van der Waals surface area contributed by atoms with Crippen molar-refractivity contribution in [3.8, 4) is 0 Å². The summed E-state index contributed by atoms with van der Waals surface area (Å²) in [5.41, 5.74) is 0. The molecule has 0 aromatic heterocycles.